The van der Waals surface area contributed by atoms with Crippen LogP contribution in [0, 0.1) is 6.92 Å². The maximum atomic E-state index is 12.1. The Bertz CT molecular complexity index is 889. The first-order chi connectivity index (χ1) is 13.0. The van der Waals surface area contributed by atoms with Gasteiger partial charge in [0, 0.05) is 11.6 Å². The van der Waals surface area contributed by atoms with Gasteiger partial charge in [0.2, 0.25) is 11.1 Å². The maximum absolute atomic E-state index is 12.1. The minimum absolute atomic E-state index is 0.108. The molecule has 1 heterocycles. The highest BCUT2D eigenvalue weighted by molar-refractivity contribution is 7.99. The third kappa shape index (κ3) is 5.59. The summed E-state index contributed by atoms with van der Waals surface area (Å²) in [6, 6.07) is 15.1. The summed E-state index contributed by atoms with van der Waals surface area (Å²) in [7, 11) is 0. The number of thioether (sulfide) groups is 1. The number of benzene rings is 2. The summed E-state index contributed by atoms with van der Waals surface area (Å²) in [5, 5.41) is 10.4. The molecule has 2 aromatic carbocycles. The summed E-state index contributed by atoms with van der Waals surface area (Å²) < 4.78 is 5.78. The van der Waals surface area contributed by atoms with Crippen LogP contribution in [0.15, 0.2) is 53.7 Å². The molecule has 1 amide bonds. The molecule has 2 N–H and O–H groups in total. The van der Waals surface area contributed by atoms with Gasteiger partial charge in [0.05, 0.1) is 5.75 Å². The Morgan fingerprint density at radius 2 is 1.74 bits per heavy atom. The smallest absolute Gasteiger partial charge is 0.234 e. The number of carbonyl (C=O) groups excluding carboxylic acids is 1. The molecule has 0 unspecified atom stereocenters. The summed E-state index contributed by atoms with van der Waals surface area (Å²) in [5.74, 6) is 2.73. The fraction of sp³-hybridized carbons (Fsp3) is 0.250. The van der Waals surface area contributed by atoms with Crippen molar-refractivity contribution in [2.75, 3.05) is 11.1 Å². The maximum Gasteiger partial charge on any atom is 0.234 e. The van der Waals surface area contributed by atoms with E-state index < -0.39 is 0 Å². The molecule has 0 aliphatic carbocycles. The molecule has 3 aromatic rings. The molecule has 0 fully saturated rings. The van der Waals surface area contributed by atoms with Crippen LogP contribution in [-0.2, 0) is 4.79 Å². The minimum Gasteiger partial charge on any atom is -0.457 e. The molecule has 1 aromatic heterocycles. The lowest BCUT2D eigenvalue weighted by molar-refractivity contribution is -0.113. The number of rotatable bonds is 7. The number of anilines is 1. The Labute approximate surface area is 162 Å². The molecular weight excluding hydrogens is 360 g/mol. The first kappa shape index (κ1) is 19.0. The van der Waals surface area contributed by atoms with Gasteiger partial charge in [-0.15, -0.1) is 5.10 Å². The number of hydrogen-bond acceptors (Lipinski definition) is 5. The van der Waals surface area contributed by atoms with Crippen LogP contribution in [0.25, 0.3) is 0 Å². The molecule has 0 saturated heterocycles. The number of hydrogen-bond donors (Lipinski definition) is 2. The lowest BCUT2D eigenvalue weighted by atomic mass is 10.2. The molecule has 0 aliphatic rings. The number of carbonyl (C=O) groups is 1. The van der Waals surface area contributed by atoms with Crippen molar-refractivity contribution in [1.82, 2.24) is 15.2 Å². The Morgan fingerprint density at radius 3 is 2.33 bits per heavy atom. The number of nitrogens with zero attached hydrogens (tertiary/aromatic N) is 2. The van der Waals surface area contributed by atoms with E-state index in [4.69, 9.17) is 4.74 Å². The molecule has 0 aliphatic heterocycles. The second-order valence-corrected chi connectivity index (χ2v) is 7.38. The van der Waals surface area contributed by atoms with Crippen molar-refractivity contribution in [3.63, 3.8) is 0 Å². The van der Waals surface area contributed by atoms with E-state index in [2.05, 4.69) is 20.5 Å². The van der Waals surface area contributed by atoms with Crippen molar-refractivity contribution in [1.29, 1.82) is 0 Å². The third-order valence-corrected chi connectivity index (χ3v) is 4.60. The number of aromatic nitrogens is 3. The number of ether oxygens (including phenoxy) is 1. The predicted octanol–water partition coefficient (Wildman–Crippen LogP) is 4.76. The van der Waals surface area contributed by atoms with Gasteiger partial charge in [0.1, 0.15) is 17.3 Å². The fourth-order valence-electron chi connectivity index (χ4n) is 2.26. The van der Waals surface area contributed by atoms with E-state index in [9.17, 15) is 4.79 Å². The minimum atomic E-state index is -0.108. The van der Waals surface area contributed by atoms with Gasteiger partial charge in [-0.2, -0.15) is 0 Å². The van der Waals surface area contributed by atoms with Crippen LogP contribution in [0.2, 0.25) is 0 Å². The van der Waals surface area contributed by atoms with Gasteiger partial charge in [-0.1, -0.05) is 43.3 Å². The van der Waals surface area contributed by atoms with Crippen molar-refractivity contribution < 1.29 is 9.53 Å². The van der Waals surface area contributed by atoms with Gasteiger partial charge in [-0.25, -0.2) is 4.98 Å². The largest absolute Gasteiger partial charge is 0.457 e. The van der Waals surface area contributed by atoms with Gasteiger partial charge in [-0.3, -0.25) is 9.89 Å². The first-order valence-electron chi connectivity index (χ1n) is 8.69. The Kier molecular flexibility index (Phi) is 6.13. The molecule has 7 heteroatoms. The normalized spacial score (nSPS) is 10.8. The SMILES string of the molecule is Cc1ccc(Oc2ccc(NC(=O)CSc3n[nH]c(C(C)C)n3)cc2)cc1. The van der Waals surface area contributed by atoms with Gasteiger partial charge in [0.15, 0.2) is 0 Å². The lowest BCUT2D eigenvalue weighted by Crippen LogP contribution is -2.14. The number of nitrogens with one attached hydrogen (secondary N) is 2. The highest BCUT2D eigenvalue weighted by Crippen LogP contribution is 2.23. The van der Waals surface area contributed by atoms with E-state index in [0.29, 0.717) is 10.9 Å². The molecule has 3 rings (SSSR count). The zero-order valence-electron chi connectivity index (χ0n) is 15.5. The van der Waals surface area contributed by atoms with E-state index >= 15 is 0 Å². The number of amides is 1. The molecule has 6 nitrogen and oxygen atoms in total. The van der Waals surface area contributed by atoms with Crippen molar-refractivity contribution in [3.05, 3.63) is 59.9 Å². The third-order valence-electron chi connectivity index (χ3n) is 3.76. The van der Waals surface area contributed by atoms with Gasteiger partial charge < -0.3 is 10.1 Å². The summed E-state index contributed by atoms with van der Waals surface area (Å²) in [4.78, 5) is 16.5. The zero-order valence-corrected chi connectivity index (χ0v) is 16.3. The van der Waals surface area contributed by atoms with E-state index in [0.717, 1.165) is 17.3 Å². The zero-order chi connectivity index (χ0) is 19.2. The molecule has 0 radical (unpaired) electrons. The molecular formula is C20H22N4O2S. The summed E-state index contributed by atoms with van der Waals surface area (Å²) in [6.07, 6.45) is 0. The van der Waals surface area contributed by atoms with Crippen molar-refractivity contribution >= 4 is 23.4 Å². The van der Waals surface area contributed by atoms with Crippen LogP contribution in [0.5, 0.6) is 11.5 Å². The van der Waals surface area contributed by atoms with E-state index in [1.165, 1.54) is 17.3 Å². The van der Waals surface area contributed by atoms with Crippen LogP contribution >= 0.6 is 11.8 Å². The van der Waals surface area contributed by atoms with E-state index in [-0.39, 0.29) is 17.6 Å². The molecule has 27 heavy (non-hydrogen) atoms. The molecule has 0 bridgehead atoms. The molecule has 0 saturated carbocycles. The fourth-order valence-corrected chi connectivity index (χ4v) is 2.86. The highest BCUT2D eigenvalue weighted by Gasteiger charge is 2.10. The lowest BCUT2D eigenvalue weighted by Gasteiger charge is -2.08. The number of H-pyrrole nitrogens is 1. The van der Waals surface area contributed by atoms with Crippen LogP contribution in [-0.4, -0.2) is 26.8 Å². The average molecular weight is 382 g/mol. The number of aryl methyl sites for hydroxylation is 1. The monoisotopic (exact) mass is 382 g/mol. The Hall–Kier alpha value is -2.80. The van der Waals surface area contributed by atoms with Crippen LogP contribution in [0.1, 0.15) is 31.2 Å². The Balaban J connectivity index is 1.49. The summed E-state index contributed by atoms with van der Waals surface area (Å²) >= 11 is 1.30. The first-order valence-corrected chi connectivity index (χ1v) is 9.67. The quantitative estimate of drug-likeness (QED) is 0.576. The molecule has 140 valence electrons. The standard InChI is InChI=1S/C20H22N4O2S/c1-13(2)19-22-20(24-23-19)27-12-18(25)21-15-6-10-17(11-7-15)26-16-8-4-14(3)5-9-16/h4-11,13H,12H2,1-3H3,(H,21,25)(H,22,23,24). The van der Waals surface area contributed by atoms with Crippen LogP contribution in [0.3, 0.4) is 0 Å². The predicted molar refractivity (Wildman–Crippen MR) is 108 cm³/mol. The van der Waals surface area contributed by atoms with Crippen LogP contribution < -0.4 is 10.1 Å². The van der Waals surface area contributed by atoms with Crippen molar-refractivity contribution in [2.24, 2.45) is 0 Å². The van der Waals surface area contributed by atoms with Gasteiger partial charge >= 0.3 is 0 Å². The molecule has 0 spiro atoms. The van der Waals surface area contributed by atoms with E-state index in [1.54, 1.807) is 0 Å². The van der Waals surface area contributed by atoms with Gasteiger partial charge in [0.25, 0.3) is 0 Å². The topological polar surface area (TPSA) is 79.9 Å². The van der Waals surface area contributed by atoms with Crippen molar-refractivity contribution in [2.45, 2.75) is 31.8 Å². The van der Waals surface area contributed by atoms with Crippen LogP contribution in [0.4, 0.5) is 5.69 Å². The Morgan fingerprint density at radius 1 is 1.11 bits per heavy atom. The van der Waals surface area contributed by atoms with Crippen molar-refractivity contribution in [3.8, 4) is 11.5 Å². The van der Waals surface area contributed by atoms with Gasteiger partial charge in [-0.05, 0) is 43.3 Å². The highest BCUT2D eigenvalue weighted by atomic mass is 32.2. The summed E-state index contributed by atoms with van der Waals surface area (Å²) in [5.41, 5.74) is 1.90. The second-order valence-electron chi connectivity index (χ2n) is 6.43. The summed E-state index contributed by atoms with van der Waals surface area (Å²) in [6.45, 7) is 6.10. The second kappa shape index (κ2) is 8.73. The van der Waals surface area contributed by atoms with E-state index in [1.807, 2.05) is 69.3 Å². The average Bonchev–Trinajstić information content (AvgIpc) is 3.13. The molecule has 0 atom stereocenters. The number of aromatic amines is 1.